The number of primary amides is 1. The summed E-state index contributed by atoms with van der Waals surface area (Å²) in [6.45, 7) is 0.396. The predicted octanol–water partition coefficient (Wildman–Crippen LogP) is 1.44. The molecule has 5 heteroatoms. The molecule has 1 aromatic heterocycles. The molecule has 1 aliphatic heterocycles. The number of nitrogens with zero attached hydrogens (tertiary/aromatic N) is 2. The number of benzene rings is 1. The summed E-state index contributed by atoms with van der Waals surface area (Å²) in [6.07, 6.45) is 3.42. The van der Waals surface area contributed by atoms with E-state index in [1.165, 1.54) is 0 Å². The van der Waals surface area contributed by atoms with E-state index >= 15 is 0 Å². The van der Waals surface area contributed by atoms with E-state index in [4.69, 9.17) is 5.73 Å². The van der Waals surface area contributed by atoms with Crippen LogP contribution in [0.3, 0.4) is 0 Å². The quantitative estimate of drug-likeness (QED) is 0.847. The molecular formula is C14H12N4O. The topological polar surface area (TPSA) is 80.9 Å². The molecule has 3 N–H and O–H groups in total. The summed E-state index contributed by atoms with van der Waals surface area (Å²) >= 11 is 0. The van der Waals surface area contributed by atoms with Gasteiger partial charge in [-0.2, -0.15) is 0 Å². The molecule has 0 atom stereocenters. The van der Waals surface area contributed by atoms with E-state index in [0.29, 0.717) is 17.9 Å². The Balaban J connectivity index is 2.01. The van der Waals surface area contributed by atoms with E-state index in [1.54, 1.807) is 12.3 Å². The van der Waals surface area contributed by atoms with Crippen molar-refractivity contribution in [1.82, 2.24) is 9.97 Å². The van der Waals surface area contributed by atoms with Crippen molar-refractivity contribution in [1.29, 1.82) is 0 Å². The van der Waals surface area contributed by atoms with Crippen LogP contribution in [0.1, 0.15) is 5.56 Å². The van der Waals surface area contributed by atoms with Crippen LogP contribution in [0.2, 0.25) is 0 Å². The fourth-order valence-corrected chi connectivity index (χ4v) is 1.94. The van der Waals surface area contributed by atoms with Gasteiger partial charge in [-0.25, -0.2) is 9.97 Å². The van der Waals surface area contributed by atoms with Gasteiger partial charge in [0.25, 0.3) is 0 Å². The zero-order valence-electron chi connectivity index (χ0n) is 10.1. The smallest absolute Gasteiger partial charge is 0.246 e. The lowest BCUT2D eigenvalue weighted by atomic mass is 10.1. The van der Waals surface area contributed by atoms with Crippen molar-refractivity contribution in [2.45, 2.75) is 0 Å². The van der Waals surface area contributed by atoms with Gasteiger partial charge in [-0.15, -0.1) is 0 Å². The van der Waals surface area contributed by atoms with Crippen molar-refractivity contribution in [3.63, 3.8) is 0 Å². The van der Waals surface area contributed by atoms with E-state index in [0.717, 1.165) is 16.9 Å². The molecule has 0 aliphatic carbocycles. The summed E-state index contributed by atoms with van der Waals surface area (Å²) in [5.41, 5.74) is 7.52. The molecular weight excluding hydrogens is 240 g/mol. The lowest BCUT2D eigenvalue weighted by molar-refractivity contribution is -0.114. The molecule has 1 aromatic carbocycles. The number of nitrogens with two attached hydrogens (primary N) is 1. The molecule has 5 nitrogen and oxygen atoms in total. The minimum absolute atomic E-state index is 0.396. The van der Waals surface area contributed by atoms with E-state index in [-0.39, 0.29) is 0 Å². The largest absolute Gasteiger partial charge is 0.366 e. The Morgan fingerprint density at radius 2 is 2.05 bits per heavy atom. The fourth-order valence-electron chi connectivity index (χ4n) is 1.94. The van der Waals surface area contributed by atoms with Crippen LogP contribution in [-0.2, 0) is 4.79 Å². The van der Waals surface area contributed by atoms with Crippen molar-refractivity contribution in [2.24, 2.45) is 5.73 Å². The van der Waals surface area contributed by atoms with Crippen LogP contribution in [0.5, 0.6) is 0 Å². The summed E-state index contributed by atoms with van der Waals surface area (Å²) in [4.78, 5) is 19.9. The first-order chi connectivity index (χ1) is 9.24. The van der Waals surface area contributed by atoms with Gasteiger partial charge < -0.3 is 11.1 Å². The van der Waals surface area contributed by atoms with Crippen molar-refractivity contribution >= 4 is 17.8 Å². The van der Waals surface area contributed by atoms with Crippen LogP contribution in [0.15, 0.2) is 42.1 Å². The molecule has 0 unspecified atom stereocenters. The van der Waals surface area contributed by atoms with Gasteiger partial charge in [0.15, 0.2) is 5.82 Å². The zero-order chi connectivity index (χ0) is 13.2. The number of rotatable bonds is 2. The number of fused-ring (bicyclic) bond motifs is 1. The maximum absolute atomic E-state index is 11.1. The second kappa shape index (κ2) is 4.53. The zero-order valence-corrected chi connectivity index (χ0v) is 10.1. The molecule has 1 amide bonds. The van der Waals surface area contributed by atoms with Crippen LogP contribution in [-0.4, -0.2) is 22.4 Å². The number of aromatic nitrogens is 2. The maximum Gasteiger partial charge on any atom is 0.246 e. The lowest BCUT2D eigenvalue weighted by Gasteiger charge is -2.16. The molecule has 0 spiro atoms. The van der Waals surface area contributed by atoms with Crippen molar-refractivity contribution < 1.29 is 4.79 Å². The van der Waals surface area contributed by atoms with Crippen LogP contribution in [0.25, 0.3) is 17.5 Å². The van der Waals surface area contributed by atoms with Gasteiger partial charge in [0.1, 0.15) is 5.82 Å². The monoisotopic (exact) mass is 252 g/mol. The number of hydrogen-bond donors (Lipinski definition) is 2. The summed E-state index contributed by atoms with van der Waals surface area (Å²) in [5.74, 6) is 0.951. The highest BCUT2D eigenvalue weighted by atomic mass is 16.1. The van der Waals surface area contributed by atoms with Gasteiger partial charge in [0.05, 0.1) is 0 Å². The molecule has 0 saturated carbocycles. The Kier molecular flexibility index (Phi) is 2.72. The minimum Gasteiger partial charge on any atom is -0.366 e. The number of carbonyl (C=O) groups excluding carboxylic acids is 1. The molecule has 1 aliphatic rings. The molecule has 3 rings (SSSR count). The molecule has 94 valence electrons. The molecule has 2 heterocycles. The summed E-state index contributed by atoms with van der Waals surface area (Å²) in [5, 5.41) is 3.08. The molecule has 2 aromatic rings. The van der Waals surface area contributed by atoms with Crippen LogP contribution in [0.4, 0.5) is 5.82 Å². The number of carbonyl (C=O) groups is 1. The van der Waals surface area contributed by atoms with Gasteiger partial charge >= 0.3 is 0 Å². The van der Waals surface area contributed by atoms with E-state index in [2.05, 4.69) is 15.3 Å². The highest BCUT2D eigenvalue weighted by Gasteiger charge is 2.15. The van der Waals surface area contributed by atoms with Gasteiger partial charge in [-0.05, 0) is 6.08 Å². The highest BCUT2D eigenvalue weighted by molar-refractivity contribution is 5.99. The van der Waals surface area contributed by atoms with E-state index in [9.17, 15) is 4.79 Å². The second-order valence-corrected chi connectivity index (χ2v) is 4.25. The normalized spacial score (nSPS) is 13.2. The minimum atomic E-state index is -0.426. The van der Waals surface area contributed by atoms with Gasteiger partial charge in [0, 0.05) is 29.4 Å². The van der Waals surface area contributed by atoms with Crippen molar-refractivity contribution in [3.8, 4) is 11.4 Å². The first-order valence-electron chi connectivity index (χ1n) is 5.91. The molecule has 0 fully saturated rings. The van der Waals surface area contributed by atoms with Crippen LogP contribution in [0, 0.1) is 0 Å². The summed E-state index contributed by atoms with van der Waals surface area (Å²) < 4.78 is 0. The summed E-state index contributed by atoms with van der Waals surface area (Å²) in [6, 6.07) is 9.74. The van der Waals surface area contributed by atoms with Gasteiger partial charge in [-0.3, -0.25) is 4.79 Å². The SMILES string of the molecule is NC(=O)C1=Cc2cnc(-c3ccccc3)nc2NC1. The van der Waals surface area contributed by atoms with Crippen LogP contribution < -0.4 is 11.1 Å². The highest BCUT2D eigenvalue weighted by Crippen LogP contribution is 2.23. The van der Waals surface area contributed by atoms with E-state index in [1.807, 2.05) is 30.3 Å². The Morgan fingerprint density at radius 3 is 2.79 bits per heavy atom. The van der Waals surface area contributed by atoms with E-state index < -0.39 is 5.91 Å². The van der Waals surface area contributed by atoms with Crippen LogP contribution >= 0.6 is 0 Å². The molecule has 0 bridgehead atoms. The maximum atomic E-state index is 11.1. The predicted molar refractivity (Wildman–Crippen MR) is 73.1 cm³/mol. The van der Waals surface area contributed by atoms with Crippen molar-refractivity contribution in [2.75, 3.05) is 11.9 Å². The fraction of sp³-hybridized carbons (Fsp3) is 0.0714. The molecule has 0 saturated heterocycles. The van der Waals surface area contributed by atoms with Gasteiger partial charge in [-0.1, -0.05) is 30.3 Å². The number of amides is 1. The average Bonchev–Trinajstić information content (AvgIpc) is 2.47. The Bertz CT molecular complexity index is 664. The number of anilines is 1. The molecule has 0 radical (unpaired) electrons. The Labute approximate surface area is 110 Å². The third-order valence-electron chi connectivity index (χ3n) is 2.94. The second-order valence-electron chi connectivity index (χ2n) is 4.25. The first kappa shape index (κ1) is 11.4. The Hall–Kier alpha value is -2.69. The summed E-state index contributed by atoms with van der Waals surface area (Å²) in [7, 11) is 0. The lowest BCUT2D eigenvalue weighted by Crippen LogP contribution is -2.23. The number of hydrogen-bond acceptors (Lipinski definition) is 4. The Morgan fingerprint density at radius 1 is 1.26 bits per heavy atom. The third kappa shape index (κ3) is 2.18. The third-order valence-corrected chi connectivity index (χ3v) is 2.94. The molecule has 19 heavy (non-hydrogen) atoms. The van der Waals surface area contributed by atoms with Crippen molar-refractivity contribution in [3.05, 3.63) is 47.7 Å². The average molecular weight is 252 g/mol. The number of nitrogens with one attached hydrogen (secondary N) is 1. The first-order valence-corrected chi connectivity index (χ1v) is 5.91. The standard InChI is InChI=1S/C14H12N4O/c15-12(19)10-6-11-8-17-13(18-14(11)16-7-10)9-4-2-1-3-5-9/h1-6,8H,7H2,(H2,15,19)(H,16,17,18). The van der Waals surface area contributed by atoms with Gasteiger partial charge in [0.2, 0.25) is 5.91 Å².